The van der Waals surface area contributed by atoms with Gasteiger partial charge in [0.15, 0.2) is 0 Å². The zero-order chi connectivity index (χ0) is 17.8. The molecule has 7 heteroatoms. The lowest BCUT2D eigenvalue weighted by atomic mass is 9.98. The Morgan fingerprint density at radius 3 is 3.04 bits per heavy atom. The maximum Gasteiger partial charge on any atom is 0.135 e. The van der Waals surface area contributed by atoms with Gasteiger partial charge < -0.3 is 4.84 Å². The van der Waals surface area contributed by atoms with E-state index in [2.05, 4.69) is 26.7 Å². The first-order valence-electron chi connectivity index (χ1n) is 8.38. The molecule has 0 N–H and O–H groups in total. The van der Waals surface area contributed by atoms with E-state index in [0.717, 1.165) is 57.5 Å². The van der Waals surface area contributed by atoms with Crippen LogP contribution in [0.15, 0.2) is 54.7 Å². The summed E-state index contributed by atoms with van der Waals surface area (Å²) in [5, 5.41) is 5.14. The van der Waals surface area contributed by atoms with E-state index >= 15 is 0 Å². The summed E-state index contributed by atoms with van der Waals surface area (Å²) >= 11 is 1.57. The van der Waals surface area contributed by atoms with E-state index in [1.54, 1.807) is 23.6 Å². The molecule has 0 atom stereocenters. The van der Waals surface area contributed by atoms with E-state index < -0.39 is 0 Å². The summed E-state index contributed by atoms with van der Waals surface area (Å²) in [6, 6.07) is 3.90. The van der Waals surface area contributed by atoms with E-state index in [1.165, 1.54) is 0 Å². The molecule has 3 aromatic rings. The summed E-state index contributed by atoms with van der Waals surface area (Å²) in [6.07, 6.45) is 11.6. The number of oxime groups is 1. The number of hydrogen-bond acceptors (Lipinski definition) is 7. The second kappa shape index (κ2) is 7.53. The lowest BCUT2D eigenvalue weighted by Crippen LogP contribution is -2.16. The predicted molar refractivity (Wildman–Crippen MR) is 102 cm³/mol. The van der Waals surface area contributed by atoms with E-state index in [0.29, 0.717) is 6.61 Å². The monoisotopic (exact) mass is 363 g/mol. The highest BCUT2D eigenvalue weighted by Crippen LogP contribution is 2.31. The van der Waals surface area contributed by atoms with Crippen LogP contribution in [0.5, 0.6) is 0 Å². The molecule has 6 nitrogen and oxygen atoms in total. The van der Waals surface area contributed by atoms with Crippen molar-refractivity contribution in [3.8, 4) is 21.1 Å². The van der Waals surface area contributed by atoms with Gasteiger partial charge in [0, 0.05) is 24.2 Å². The Kier molecular flexibility index (Phi) is 4.79. The minimum absolute atomic E-state index is 0.384. The highest BCUT2D eigenvalue weighted by molar-refractivity contribution is 7.18. The zero-order valence-corrected chi connectivity index (χ0v) is 14.9. The Morgan fingerprint density at radius 2 is 2.19 bits per heavy atom. The molecule has 0 spiro atoms. The second-order valence-electron chi connectivity index (χ2n) is 5.80. The van der Waals surface area contributed by atoms with Gasteiger partial charge in [-0.2, -0.15) is 0 Å². The van der Waals surface area contributed by atoms with Crippen LogP contribution in [0.3, 0.4) is 0 Å². The van der Waals surface area contributed by atoms with Gasteiger partial charge in [-0.25, -0.2) is 9.97 Å². The van der Waals surface area contributed by atoms with Crippen LogP contribution in [0.2, 0.25) is 0 Å². The van der Waals surface area contributed by atoms with Gasteiger partial charge in [-0.15, -0.1) is 11.3 Å². The SMILES string of the molecule is C=CCON=C1CCCc2ncc(-c3cnc(-c4cccnc4)s3)nc21. The van der Waals surface area contributed by atoms with Gasteiger partial charge >= 0.3 is 0 Å². The fourth-order valence-corrected chi connectivity index (χ4v) is 3.62. The number of rotatable bonds is 5. The van der Waals surface area contributed by atoms with E-state index in [4.69, 9.17) is 9.82 Å². The molecule has 0 unspecified atom stereocenters. The molecular formula is C19H17N5OS. The van der Waals surface area contributed by atoms with Crippen molar-refractivity contribution in [3.63, 3.8) is 0 Å². The van der Waals surface area contributed by atoms with Crippen molar-refractivity contribution in [3.05, 3.63) is 61.0 Å². The third-order valence-electron chi connectivity index (χ3n) is 3.98. The van der Waals surface area contributed by atoms with Gasteiger partial charge in [-0.3, -0.25) is 9.97 Å². The molecule has 0 aliphatic heterocycles. The van der Waals surface area contributed by atoms with Crippen molar-refractivity contribution in [2.45, 2.75) is 19.3 Å². The number of aromatic nitrogens is 4. The van der Waals surface area contributed by atoms with Crippen LogP contribution in [-0.2, 0) is 11.3 Å². The van der Waals surface area contributed by atoms with Crippen LogP contribution in [0.4, 0.5) is 0 Å². The quantitative estimate of drug-likeness (QED) is 0.390. The van der Waals surface area contributed by atoms with Crippen molar-refractivity contribution in [1.82, 2.24) is 19.9 Å². The fraction of sp³-hybridized carbons (Fsp3) is 0.211. The topological polar surface area (TPSA) is 73.2 Å². The number of thiazole rings is 1. The minimum Gasteiger partial charge on any atom is -0.391 e. The number of aryl methyl sites for hydroxylation is 1. The maximum absolute atomic E-state index is 5.27. The third kappa shape index (κ3) is 3.39. The van der Waals surface area contributed by atoms with Crippen molar-refractivity contribution in [2.24, 2.45) is 5.16 Å². The normalized spacial score (nSPS) is 14.8. The summed E-state index contributed by atoms with van der Waals surface area (Å²) in [4.78, 5) is 24.3. The van der Waals surface area contributed by atoms with Crippen LogP contribution in [0.25, 0.3) is 21.1 Å². The van der Waals surface area contributed by atoms with Crippen molar-refractivity contribution < 1.29 is 4.84 Å². The Hall–Kier alpha value is -2.93. The summed E-state index contributed by atoms with van der Waals surface area (Å²) in [5.74, 6) is 0. The molecule has 0 fully saturated rings. The second-order valence-corrected chi connectivity index (χ2v) is 6.83. The first-order valence-corrected chi connectivity index (χ1v) is 9.19. The zero-order valence-electron chi connectivity index (χ0n) is 14.1. The van der Waals surface area contributed by atoms with E-state index in [9.17, 15) is 0 Å². The van der Waals surface area contributed by atoms with Crippen LogP contribution < -0.4 is 0 Å². The molecule has 0 amide bonds. The average molecular weight is 363 g/mol. The first-order chi connectivity index (χ1) is 12.8. The van der Waals surface area contributed by atoms with Gasteiger partial charge in [0.1, 0.15) is 28.7 Å². The van der Waals surface area contributed by atoms with Crippen LogP contribution >= 0.6 is 11.3 Å². The molecule has 0 aromatic carbocycles. The molecule has 130 valence electrons. The molecule has 1 aliphatic carbocycles. The molecule has 1 aliphatic rings. The number of hydrogen-bond donors (Lipinski definition) is 0. The Labute approximate surface area is 155 Å². The number of fused-ring (bicyclic) bond motifs is 1. The molecule has 4 rings (SSSR count). The molecule has 3 heterocycles. The lowest BCUT2D eigenvalue weighted by Gasteiger charge is -2.16. The number of pyridine rings is 1. The number of nitrogens with zero attached hydrogens (tertiary/aromatic N) is 5. The van der Waals surface area contributed by atoms with Gasteiger partial charge in [0.25, 0.3) is 0 Å². The van der Waals surface area contributed by atoms with Crippen molar-refractivity contribution in [2.75, 3.05) is 6.61 Å². The summed E-state index contributed by atoms with van der Waals surface area (Å²) < 4.78 is 0. The summed E-state index contributed by atoms with van der Waals surface area (Å²) in [7, 11) is 0. The lowest BCUT2D eigenvalue weighted by molar-refractivity contribution is 0.174. The Balaban J connectivity index is 1.67. The average Bonchev–Trinajstić information content (AvgIpc) is 3.19. The predicted octanol–water partition coefficient (Wildman–Crippen LogP) is 3.91. The molecule has 0 radical (unpaired) electrons. The first kappa shape index (κ1) is 16.5. The smallest absolute Gasteiger partial charge is 0.135 e. The summed E-state index contributed by atoms with van der Waals surface area (Å²) in [5.41, 5.74) is 4.44. The summed E-state index contributed by atoms with van der Waals surface area (Å²) in [6.45, 7) is 4.02. The maximum atomic E-state index is 5.27. The minimum atomic E-state index is 0.384. The van der Waals surface area contributed by atoms with Crippen LogP contribution in [-0.4, -0.2) is 32.3 Å². The van der Waals surface area contributed by atoms with Gasteiger partial charge in [0.2, 0.25) is 0 Å². The van der Waals surface area contributed by atoms with Gasteiger partial charge in [-0.05, 0) is 31.4 Å². The highest BCUT2D eigenvalue weighted by Gasteiger charge is 2.21. The molecule has 0 saturated carbocycles. The Morgan fingerprint density at radius 1 is 1.23 bits per heavy atom. The largest absolute Gasteiger partial charge is 0.391 e. The molecular weight excluding hydrogens is 346 g/mol. The van der Waals surface area contributed by atoms with Gasteiger partial charge in [-0.1, -0.05) is 17.8 Å². The fourth-order valence-electron chi connectivity index (χ4n) is 2.76. The van der Waals surface area contributed by atoms with E-state index in [1.807, 2.05) is 30.7 Å². The highest BCUT2D eigenvalue weighted by atomic mass is 32.1. The molecule has 0 saturated heterocycles. The molecule has 26 heavy (non-hydrogen) atoms. The van der Waals surface area contributed by atoms with Gasteiger partial charge in [0.05, 0.1) is 16.8 Å². The molecule has 0 bridgehead atoms. The standard InChI is InChI=1S/C19H17N5OS/c1-2-9-25-24-15-7-3-6-14-18(15)23-16(11-21-14)17-12-22-19(26-17)13-5-4-8-20-10-13/h2,4-5,8,10-12H,1,3,6-7,9H2. The Bertz CT molecular complexity index is 952. The van der Waals surface area contributed by atoms with Crippen molar-refractivity contribution >= 4 is 17.0 Å². The van der Waals surface area contributed by atoms with Crippen LogP contribution in [0, 0.1) is 0 Å². The van der Waals surface area contributed by atoms with E-state index in [-0.39, 0.29) is 0 Å². The van der Waals surface area contributed by atoms with Crippen molar-refractivity contribution in [1.29, 1.82) is 0 Å². The molecule has 3 aromatic heterocycles. The van der Waals surface area contributed by atoms with Crippen LogP contribution in [0.1, 0.15) is 24.2 Å². The third-order valence-corrected chi connectivity index (χ3v) is 5.05.